The Kier molecular flexibility index (Phi) is 5.04. The normalized spacial score (nSPS) is 11.2. The van der Waals surface area contributed by atoms with Crippen LogP contribution in [-0.2, 0) is 0 Å². The molecule has 0 fully saturated rings. The molecule has 0 radical (unpaired) electrons. The van der Waals surface area contributed by atoms with Crippen molar-refractivity contribution in [3.05, 3.63) is 60.2 Å². The molecule has 0 saturated heterocycles. The monoisotopic (exact) mass is 285 g/mol. The number of amidine groups is 1. The van der Waals surface area contributed by atoms with E-state index in [9.17, 15) is 0 Å². The van der Waals surface area contributed by atoms with Crippen LogP contribution in [0.25, 0.3) is 0 Å². The van der Waals surface area contributed by atoms with Crippen LogP contribution in [0.15, 0.2) is 59.8 Å². The highest BCUT2D eigenvalue weighted by atomic mass is 16.5. The lowest BCUT2D eigenvalue weighted by Crippen LogP contribution is -2.24. The van der Waals surface area contributed by atoms with Gasteiger partial charge in [0.15, 0.2) is 5.84 Å². The Balaban J connectivity index is 1.93. The molecule has 0 aliphatic rings. The summed E-state index contributed by atoms with van der Waals surface area (Å²) < 4.78 is 5.67. The van der Waals surface area contributed by atoms with Crippen molar-refractivity contribution in [1.82, 2.24) is 0 Å². The predicted molar refractivity (Wildman–Crippen MR) is 84.2 cm³/mol. The molecule has 0 aliphatic carbocycles. The zero-order chi connectivity index (χ0) is 15.1. The highest BCUT2D eigenvalue weighted by Crippen LogP contribution is 2.15. The summed E-state index contributed by atoms with van der Waals surface area (Å²) in [5, 5.41) is 11.7. The number of nitrogens with zero attached hydrogens (tertiary/aromatic N) is 2. The summed E-state index contributed by atoms with van der Waals surface area (Å²) in [5.41, 5.74) is 7.26. The largest absolute Gasteiger partial charge is 0.492 e. The summed E-state index contributed by atoms with van der Waals surface area (Å²) in [7, 11) is 1.97. The predicted octanol–water partition coefficient (Wildman–Crippen LogP) is 2.30. The summed E-state index contributed by atoms with van der Waals surface area (Å²) in [6.45, 7) is 1.31. The molecule has 0 aromatic heterocycles. The topological polar surface area (TPSA) is 71.1 Å². The average Bonchev–Trinajstić information content (AvgIpc) is 2.55. The molecular weight excluding hydrogens is 266 g/mol. The van der Waals surface area contributed by atoms with Crippen LogP contribution in [0.1, 0.15) is 5.56 Å². The van der Waals surface area contributed by atoms with E-state index < -0.39 is 0 Å². The van der Waals surface area contributed by atoms with E-state index in [0.29, 0.717) is 12.2 Å². The molecule has 0 bridgehead atoms. The van der Waals surface area contributed by atoms with Crippen molar-refractivity contribution in [3.8, 4) is 5.75 Å². The summed E-state index contributed by atoms with van der Waals surface area (Å²) in [6.07, 6.45) is 0. The van der Waals surface area contributed by atoms with Crippen molar-refractivity contribution in [2.75, 3.05) is 25.1 Å². The zero-order valence-electron chi connectivity index (χ0n) is 11.9. The van der Waals surface area contributed by atoms with Crippen LogP contribution in [0.2, 0.25) is 0 Å². The van der Waals surface area contributed by atoms with Gasteiger partial charge in [0.1, 0.15) is 12.4 Å². The maximum absolute atomic E-state index is 8.71. The fourth-order valence-electron chi connectivity index (χ4n) is 1.91. The number of anilines is 1. The molecular formula is C16H19N3O2. The quantitative estimate of drug-likeness (QED) is 0.370. The van der Waals surface area contributed by atoms with E-state index in [2.05, 4.69) is 10.1 Å². The van der Waals surface area contributed by atoms with Gasteiger partial charge in [-0.2, -0.15) is 0 Å². The van der Waals surface area contributed by atoms with Gasteiger partial charge in [0, 0.05) is 18.3 Å². The number of rotatable bonds is 6. The smallest absolute Gasteiger partial charge is 0.170 e. The van der Waals surface area contributed by atoms with Gasteiger partial charge in [0.2, 0.25) is 0 Å². The Morgan fingerprint density at radius 3 is 2.67 bits per heavy atom. The second kappa shape index (κ2) is 7.19. The molecule has 5 heteroatoms. The lowest BCUT2D eigenvalue weighted by atomic mass is 10.2. The Morgan fingerprint density at radius 1 is 1.19 bits per heavy atom. The highest BCUT2D eigenvalue weighted by Gasteiger charge is 2.05. The van der Waals surface area contributed by atoms with Gasteiger partial charge in [-0.05, 0) is 24.3 Å². The van der Waals surface area contributed by atoms with E-state index in [4.69, 9.17) is 15.7 Å². The SMILES string of the molecule is CN(CCOc1ccccc1)c1cccc(/C(N)=N/O)c1. The molecule has 110 valence electrons. The first-order valence-corrected chi connectivity index (χ1v) is 6.67. The highest BCUT2D eigenvalue weighted by molar-refractivity contribution is 5.97. The molecule has 0 amide bonds. The first-order chi connectivity index (χ1) is 10.2. The standard InChI is InChI=1S/C16H19N3O2/c1-19(10-11-21-15-8-3-2-4-9-15)14-7-5-6-13(12-14)16(17)18-20/h2-9,12,20H,10-11H2,1H3,(H2,17,18). The molecule has 0 atom stereocenters. The average molecular weight is 285 g/mol. The van der Waals surface area contributed by atoms with E-state index in [0.717, 1.165) is 18.0 Å². The summed E-state index contributed by atoms with van der Waals surface area (Å²) in [5.74, 6) is 0.960. The molecule has 0 spiro atoms. The number of hydrogen-bond donors (Lipinski definition) is 2. The molecule has 21 heavy (non-hydrogen) atoms. The minimum atomic E-state index is 0.103. The van der Waals surface area contributed by atoms with Crippen molar-refractivity contribution in [2.24, 2.45) is 10.9 Å². The number of oxime groups is 1. The fourth-order valence-corrected chi connectivity index (χ4v) is 1.91. The number of likely N-dealkylation sites (N-methyl/N-ethyl adjacent to an activating group) is 1. The zero-order valence-corrected chi connectivity index (χ0v) is 11.9. The van der Waals surface area contributed by atoms with Gasteiger partial charge in [-0.15, -0.1) is 0 Å². The van der Waals surface area contributed by atoms with Crippen molar-refractivity contribution >= 4 is 11.5 Å². The number of para-hydroxylation sites is 1. The number of nitrogens with two attached hydrogens (primary N) is 1. The fraction of sp³-hybridized carbons (Fsp3) is 0.188. The van der Waals surface area contributed by atoms with Gasteiger partial charge in [-0.1, -0.05) is 35.5 Å². The summed E-state index contributed by atoms with van der Waals surface area (Å²) in [6, 6.07) is 17.2. The van der Waals surface area contributed by atoms with Crippen LogP contribution >= 0.6 is 0 Å². The molecule has 2 rings (SSSR count). The Morgan fingerprint density at radius 2 is 1.95 bits per heavy atom. The van der Waals surface area contributed by atoms with Crippen LogP contribution in [-0.4, -0.2) is 31.2 Å². The third-order valence-electron chi connectivity index (χ3n) is 3.13. The molecule has 0 unspecified atom stereocenters. The number of hydrogen-bond acceptors (Lipinski definition) is 4. The molecule has 2 aromatic rings. The van der Waals surface area contributed by atoms with Crippen LogP contribution in [0, 0.1) is 0 Å². The first-order valence-electron chi connectivity index (χ1n) is 6.67. The van der Waals surface area contributed by atoms with Crippen molar-refractivity contribution in [3.63, 3.8) is 0 Å². The van der Waals surface area contributed by atoms with Crippen LogP contribution < -0.4 is 15.4 Å². The van der Waals surface area contributed by atoms with Crippen molar-refractivity contribution < 1.29 is 9.94 Å². The van der Waals surface area contributed by atoms with Gasteiger partial charge in [-0.3, -0.25) is 0 Å². The Bertz CT molecular complexity index is 599. The maximum Gasteiger partial charge on any atom is 0.170 e. The third-order valence-corrected chi connectivity index (χ3v) is 3.13. The Hall–Kier alpha value is -2.69. The molecule has 3 N–H and O–H groups in total. The maximum atomic E-state index is 8.71. The third kappa shape index (κ3) is 4.14. The first kappa shape index (κ1) is 14.7. The molecule has 2 aromatic carbocycles. The van der Waals surface area contributed by atoms with Gasteiger partial charge in [0.25, 0.3) is 0 Å². The molecule has 0 saturated carbocycles. The minimum absolute atomic E-state index is 0.103. The lowest BCUT2D eigenvalue weighted by molar-refractivity contribution is 0.318. The molecule has 0 aliphatic heterocycles. The Labute approximate surface area is 124 Å². The van der Waals surface area contributed by atoms with E-state index in [1.165, 1.54) is 0 Å². The lowest BCUT2D eigenvalue weighted by Gasteiger charge is -2.20. The van der Waals surface area contributed by atoms with Gasteiger partial charge < -0.3 is 20.6 Å². The van der Waals surface area contributed by atoms with E-state index >= 15 is 0 Å². The minimum Gasteiger partial charge on any atom is -0.492 e. The van der Waals surface area contributed by atoms with Crippen LogP contribution in [0.4, 0.5) is 5.69 Å². The van der Waals surface area contributed by atoms with Gasteiger partial charge in [0.05, 0.1) is 6.54 Å². The second-order valence-electron chi connectivity index (χ2n) is 4.62. The van der Waals surface area contributed by atoms with E-state index in [-0.39, 0.29) is 5.84 Å². The van der Waals surface area contributed by atoms with Gasteiger partial charge >= 0.3 is 0 Å². The number of benzene rings is 2. The van der Waals surface area contributed by atoms with Crippen LogP contribution in [0.3, 0.4) is 0 Å². The van der Waals surface area contributed by atoms with Crippen molar-refractivity contribution in [1.29, 1.82) is 0 Å². The molecule has 5 nitrogen and oxygen atoms in total. The van der Waals surface area contributed by atoms with Crippen molar-refractivity contribution in [2.45, 2.75) is 0 Å². The van der Waals surface area contributed by atoms with Crippen LogP contribution in [0.5, 0.6) is 5.75 Å². The summed E-state index contributed by atoms with van der Waals surface area (Å²) in [4.78, 5) is 2.05. The number of ether oxygens (including phenoxy) is 1. The van der Waals surface area contributed by atoms with E-state index in [1.54, 1.807) is 6.07 Å². The molecule has 0 heterocycles. The summed E-state index contributed by atoms with van der Waals surface area (Å²) >= 11 is 0. The second-order valence-corrected chi connectivity index (χ2v) is 4.62. The van der Waals surface area contributed by atoms with E-state index in [1.807, 2.05) is 55.6 Å². The van der Waals surface area contributed by atoms with Gasteiger partial charge in [-0.25, -0.2) is 0 Å².